The van der Waals surface area contributed by atoms with Crippen molar-refractivity contribution in [3.8, 4) is 5.75 Å². The van der Waals surface area contributed by atoms with E-state index >= 15 is 0 Å². The van der Waals surface area contributed by atoms with Crippen molar-refractivity contribution in [2.45, 2.75) is 13.1 Å². The van der Waals surface area contributed by atoms with Crippen molar-refractivity contribution in [3.63, 3.8) is 0 Å². The number of amides is 2. The lowest BCUT2D eigenvalue weighted by atomic mass is 10.1. The van der Waals surface area contributed by atoms with Gasteiger partial charge >= 0.3 is 6.18 Å². The summed E-state index contributed by atoms with van der Waals surface area (Å²) < 4.78 is 43.2. The molecule has 0 saturated carbocycles. The van der Waals surface area contributed by atoms with E-state index in [4.69, 9.17) is 4.74 Å². The predicted molar refractivity (Wildman–Crippen MR) is 92.6 cm³/mol. The molecule has 144 valence electrons. The minimum atomic E-state index is -4.57. The molecule has 0 fully saturated rings. The van der Waals surface area contributed by atoms with E-state index < -0.39 is 17.8 Å². The first-order chi connectivity index (χ1) is 12.6. The van der Waals surface area contributed by atoms with Crippen LogP contribution in [-0.2, 0) is 11.0 Å². The van der Waals surface area contributed by atoms with Crippen LogP contribution in [0.4, 0.5) is 18.9 Å². The number of alkyl halides is 3. The molecule has 1 aromatic heterocycles. The van der Waals surface area contributed by atoms with Gasteiger partial charge in [-0.2, -0.15) is 13.2 Å². The zero-order chi connectivity index (χ0) is 20.2. The van der Waals surface area contributed by atoms with Crippen molar-refractivity contribution in [2.75, 3.05) is 26.0 Å². The van der Waals surface area contributed by atoms with E-state index in [1.165, 1.54) is 11.8 Å². The molecule has 27 heavy (non-hydrogen) atoms. The van der Waals surface area contributed by atoms with Gasteiger partial charge in [0.1, 0.15) is 11.4 Å². The van der Waals surface area contributed by atoms with Crippen LogP contribution in [0.2, 0.25) is 0 Å². The van der Waals surface area contributed by atoms with Crippen molar-refractivity contribution in [1.82, 2.24) is 9.88 Å². The maximum Gasteiger partial charge on any atom is 0.433 e. The Kier molecular flexibility index (Phi) is 6.04. The number of nitrogens with one attached hydrogen (secondary N) is 1. The number of ether oxygens (including phenoxy) is 1. The quantitative estimate of drug-likeness (QED) is 0.864. The van der Waals surface area contributed by atoms with Gasteiger partial charge in [-0.15, -0.1) is 0 Å². The lowest BCUT2D eigenvalue weighted by molar-refractivity contribution is -0.141. The van der Waals surface area contributed by atoms with E-state index in [0.717, 1.165) is 12.1 Å². The molecule has 6 nitrogen and oxygen atoms in total. The first kappa shape index (κ1) is 20.2. The van der Waals surface area contributed by atoms with E-state index in [-0.39, 0.29) is 23.8 Å². The molecule has 0 aliphatic carbocycles. The van der Waals surface area contributed by atoms with Gasteiger partial charge < -0.3 is 15.0 Å². The van der Waals surface area contributed by atoms with Gasteiger partial charge in [0, 0.05) is 19.8 Å². The van der Waals surface area contributed by atoms with Crippen LogP contribution in [0.15, 0.2) is 36.4 Å². The third kappa shape index (κ3) is 5.44. The minimum Gasteiger partial charge on any atom is -0.484 e. The Labute approximate surface area is 154 Å². The van der Waals surface area contributed by atoms with Crippen LogP contribution in [0.25, 0.3) is 0 Å². The van der Waals surface area contributed by atoms with Crippen LogP contribution >= 0.6 is 0 Å². The summed E-state index contributed by atoms with van der Waals surface area (Å²) in [5.74, 6) is -0.335. The maximum absolute atomic E-state index is 12.6. The SMILES string of the molecule is Cc1nc(C(F)(F)F)ccc1C(=O)Nc1ccc(OCC(=O)N(C)C)cc1. The smallest absolute Gasteiger partial charge is 0.433 e. The van der Waals surface area contributed by atoms with Crippen LogP contribution in [-0.4, -0.2) is 42.4 Å². The number of rotatable bonds is 5. The summed E-state index contributed by atoms with van der Waals surface area (Å²) in [6, 6.07) is 8.10. The Morgan fingerprint density at radius 3 is 2.26 bits per heavy atom. The van der Waals surface area contributed by atoms with Crippen molar-refractivity contribution >= 4 is 17.5 Å². The molecule has 2 rings (SSSR count). The molecule has 1 N–H and O–H groups in total. The molecule has 0 spiro atoms. The second-order valence-electron chi connectivity index (χ2n) is 5.88. The molecule has 0 saturated heterocycles. The van der Waals surface area contributed by atoms with Crippen LogP contribution in [0, 0.1) is 6.92 Å². The minimum absolute atomic E-state index is 0.0236. The number of pyridine rings is 1. The standard InChI is InChI=1S/C18H18F3N3O3/c1-11-14(8-9-15(22-11)18(19,20)21)17(26)23-12-4-6-13(7-5-12)27-10-16(25)24(2)3/h4-9H,10H2,1-3H3,(H,23,26). The molecule has 0 unspecified atom stereocenters. The maximum atomic E-state index is 12.6. The van der Waals surface area contributed by atoms with Crippen LogP contribution < -0.4 is 10.1 Å². The fourth-order valence-corrected chi connectivity index (χ4v) is 2.07. The summed E-state index contributed by atoms with van der Waals surface area (Å²) in [6.07, 6.45) is -4.57. The second kappa shape index (κ2) is 8.07. The van der Waals surface area contributed by atoms with Crippen LogP contribution in [0.1, 0.15) is 21.7 Å². The van der Waals surface area contributed by atoms with Crippen molar-refractivity contribution < 1.29 is 27.5 Å². The summed E-state index contributed by atoms with van der Waals surface area (Å²) >= 11 is 0. The number of anilines is 1. The molecule has 2 amide bonds. The Morgan fingerprint density at radius 1 is 1.11 bits per heavy atom. The number of benzene rings is 1. The number of halogens is 3. The molecule has 1 heterocycles. The highest BCUT2D eigenvalue weighted by atomic mass is 19.4. The molecule has 0 atom stereocenters. The topological polar surface area (TPSA) is 71.5 Å². The van der Waals surface area contributed by atoms with Crippen molar-refractivity contribution in [2.24, 2.45) is 0 Å². The van der Waals surface area contributed by atoms with Gasteiger partial charge in [0.15, 0.2) is 6.61 Å². The summed E-state index contributed by atoms with van der Waals surface area (Å²) in [6.45, 7) is 1.22. The van der Waals surface area contributed by atoms with Gasteiger partial charge in [0.2, 0.25) is 0 Å². The van der Waals surface area contributed by atoms with Gasteiger partial charge in [0.05, 0.1) is 11.3 Å². The van der Waals surface area contributed by atoms with Crippen molar-refractivity contribution in [3.05, 3.63) is 53.3 Å². The molecular weight excluding hydrogens is 363 g/mol. The molecule has 0 aliphatic heterocycles. The Balaban J connectivity index is 2.03. The first-order valence-corrected chi connectivity index (χ1v) is 7.87. The zero-order valence-electron chi connectivity index (χ0n) is 14.9. The van der Waals surface area contributed by atoms with Gasteiger partial charge in [0.25, 0.3) is 11.8 Å². The second-order valence-corrected chi connectivity index (χ2v) is 5.88. The predicted octanol–water partition coefficient (Wildman–Crippen LogP) is 3.13. The van der Waals surface area contributed by atoms with Gasteiger partial charge in [-0.1, -0.05) is 0 Å². The Bertz CT molecular complexity index is 834. The Hall–Kier alpha value is -3.10. The number of carbonyl (C=O) groups is 2. The molecule has 0 bridgehead atoms. The fraction of sp³-hybridized carbons (Fsp3) is 0.278. The number of nitrogens with zero attached hydrogens (tertiary/aromatic N) is 2. The largest absolute Gasteiger partial charge is 0.484 e. The highest BCUT2D eigenvalue weighted by molar-refractivity contribution is 6.05. The summed E-state index contributed by atoms with van der Waals surface area (Å²) in [5, 5.41) is 2.58. The van der Waals surface area contributed by atoms with Gasteiger partial charge in [-0.05, 0) is 43.3 Å². The molecular formula is C18H18F3N3O3. The van der Waals surface area contributed by atoms with Crippen molar-refractivity contribution in [1.29, 1.82) is 0 Å². The Morgan fingerprint density at radius 2 is 1.74 bits per heavy atom. The molecule has 2 aromatic rings. The summed E-state index contributed by atoms with van der Waals surface area (Å²) in [5.41, 5.74) is -0.611. The number of aryl methyl sites for hydroxylation is 1. The monoisotopic (exact) mass is 381 g/mol. The molecule has 1 aromatic carbocycles. The number of carbonyl (C=O) groups excluding carboxylic acids is 2. The lowest BCUT2D eigenvalue weighted by Crippen LogP contribution is -2.27. The highest BCUT2D eigenvalue weighted by Crippen LogP contribution is 2.28. The molecule has 0 radical (unpaired) electrons. The average molecular weight is 381 g/mol. The van der Waals surface area contributed by atoms with E-state index in [0.29, 0.717) is 11.4 Å². The van der Waals surface area contributed by atoms with Crippen LogP contribution in [0.5, 0.6) is 5.75 Å². The van der Waals surface area contributed by atoms with Gasteiger partial charge in [-0.25, -0.2) is 4.98 Å². The van der Waals surface area contributed by atoms with Gasteiger partial charge in [-0.3, -0.25) is 9.59 Å². The first-order valence-electron chi connectivity index (χ1n) is 7.87. The number of aromatic nitrogens is 1. The number of likely N-dealkylation sites (N-methyl/N-ethyl adjacent to an activating group) is 1. The van der Waals surface area contributed by atoms with Crippen LogP contribution in [0.3, 0.4) is 0 Å². The van der Waals surface area contributed by atoms with E-state index in [1.54, 1.807) is 38.4 Å². The highest BCUT2D eigenvalue weighted by Gasteiger charge is 2.33. The molecule has 0 aliphatic rings. The van der Waals surface area contributed by atoms with E-state index in [2.05, 4.69) is 10.3 Å². The zero-order valence-corrected chi connectivity index (χ0v) is 14.9. The third-order valence-corrected chi connectivity index (χ3v) is 3.59. The average Bonchev–Trinajstić information content (AvgIpc) is 2.59. The third-order valence-electron chi connectivity index (χ3n) is 3.59. The number of hydrogen-bond donors (Lipinski definition) is 1. The lowest BCUT2D eigenvalue weighted by Gasteiger charge is -2.12. The normalized spacial score (nSPS) is 11.0. The molecule has 9 heteroatoms. The fourth-order valence-electron chi connectivity index (χ4n) is 2.07. The summed E-state index contributed by atoms with van der Waals surface area (Å²) in [7, 11) is 3.23. The summed E-state index contributed by atoms with van der Waals surface area (Å²) in [4.78, 5) is 28.6. The van der Waals surface area contributed by atoms with E-state index in [1.807, 2.05) is 0 Å². The number of hydrogen-bond acceptors (Lipinski definition) is 4. The van der Waals surface area contributed by atoms with E-state index in [9.17, 15) is 22.8 Å².